The summed E-state index contributed by atoms with van der Waals surface area (Å²) in [5, 5.41) is 0. The molecule has 1 aromatic carbocycles. The van der Waals surface area contributed by atoms with Crippen molar-refractivity contribution in [2.45, 2.75) is 65.0 Å². The van der Waals surface area contributed by atoms with Crippen molar-refractivity contribution in [1.29, 1.82) is 0 Å². The lowest BCUT2D eigenvalue weighted by Gasteiger charge is -2.16. The van der Waals surface area contributed by atoms with Gasteiger partial charge in [-0.25, -0.2) is 4.79 Å². The maximum Gasteiger partial charge on any atom is 0.332 e. The van der Waals surface area contributed by atoms with Crippen LogP contribution in [0.15, 0.2) is 33.9 Å². The molecule has 0 atom stereocenters. The number of ether oxygens (including phenoxy) is 1. The summed E-state index contributed by atoms with van der Waals surface area (Å²) in [5.74, 6) is 1.49. The summed E-state index contributed by atoms with van der Waals surface area (Å²) in [4.78, 5) is 33.0. The van der Waals surface area contributed by atoms with Gasteiger partial charge in [-0.05, 0) is 30.7 Å². The van der Waals surface area contributed by atoms with Crippen molar-refractivity contribution in [3.63, 3.8) is 0 Å². The molecule has 0 saturated carbocycles. The molecule has 0 unspecified atom stereocenters. The first-order valence-corrected chi connectivity index (χ1v) is 11.7. The number of rotatable bonds is 10. The van der Waals surface area contributed by atoms with Crippen LogP contribution in [0.1, 0.15) is 51.9 Å². The highest BCUT2D eigenvalue weighted by molar-refractivity contribution is 5.77. The van der Waals surface area contributed by atoms with Crippen LogP contribution in [0.3, 0.4) is 0 Å². The van der Waals surface area contributed by atoms with Crippen LogP contribution in [-0.4, -0.2) is 32.3 Å². The summed E-state index contributed by atoms with van der Waals surface area (Å²) in [6, 6.07) is 7.77. The van der Waals surface area contributed by atoms with Crippen molar-refractivity contribution in [3.05, 3.63) is 45.1 Å². The lowest BCUT2D eigenvalue weighted by atomic mass is 10.1. The molecule has 0 N–H and O–H groups in total. The normalized spacial score (nSPS) is 13.2. The minimum atomic E-state index is -0.291. The summed E-state index contributed by atoms with van der Waals surface area (Å²) in [5.41, 5.74) is 1.42. The summed E-state index contributed by atoms with van der Waals surface area (Å²) < 4.78 is 10.1. The Morgan fingerprint density at radius 1 is 0.969 bits per heavy atom. The molecule has 8 nitrogen and oxygen atoms in total. The number of imidazole rings is 1. The molecule has 2 aromatic heterocycles. The molecule has 4 rings (SSSR count). The first kappa shape index (κ1) is 22.2. The zero-order valence-electron chi connectivity index (χ0n) is 19.3. The Labute approximate surface area is 188 Å². The van der Waals surface area contributed by atoms with E-state index in [9.17, 15) is 9.59 Å². The molecule has 32 heavy (non-hydrogen) atoms. The first-order chi connectivity index (χ1) is 15.6. The third-order valence-electron chi connectivity index (χ3n) is 6.37. The van der Waals surface area contributed by atoms with Crippen molar-refractivity contribution in [2.75, 3.05) is 18.6 Å². The first-order valence-electron chi connectivity index (χ1n) is 11.7. The average molecular weight is 440 g/mol. The van der Waals surface area contributed by atoms with E-state index in [1.165, 1.54) is 34.8 Å². The van der Waals surface area contributed by atoms with Crippen molar-refractivity contribution in [3.8, 4) is 5.75 Å². The summed E-state index contributed by atoms with van der Waals surface area (Å²) in [7, 11) is 3.34. The Morgan fingerprint density at radius 2 is 1.66 bits per heavy atom. The van der Waals surface area contributed by atoms with Gasteiger partial charge in [0.2, 0.25) is 5.95 Å². The molecule has 0 saturated heterocycles. The van der Waals surface area contributed by atoms with Crippen molar-refractivity contribution >= 4 is 22.8 Å². The number of aryl methyl sites for hydroxylation is 1. The van der Waals surface area contributed by atoms with Crippen molar-refractivity contribution in [2.24, 2.45) is 7.05 Å². The lowest BCUT2D eigenvalue weighted by molar-refractivity contribution is 0.415. The largest absolute Gasteiger partial charge is 0.497 e. The summed E-state index contributed by atoms with van der Waals surface area (Å²) in [6.07, 6.45) is 8.01. The third-order valence-corrected chi connectivity index (χ3v) is 6.37. The molecule has 1 aliphatic heterocycles. The second-order valence-electron chi connectivity index (χ2n) is 8.51. The molecule has 0 fully saturated rings. The zero-order chi connectivity index (χ0) is 22.7. The minimum absolute atomic E-state index is 0.232. The fourth-order valence-electron chi connectivity index (χ4n) is 4.51. The van der Waals surface area contributed by atoms with Crippen molar-refractivity contribution in [1.82, 2.24) is 18.7 Å². The van der Waals surface area contributed by atoms with Gasteiger partial charge in [0.1, 0.15) is 5.75 Å². The molecule has 172 valence electrons. The van der Waals surface area contributed by atoms with E-state index in [1.54, 1.807) is 14.2 Å². The quantitative estimate of drug-likeness (QED) is 0.449. The van der Waals surface area contributed by atoms with Gasteiger partial charge in [0.15, 0.2) is 11.2 Å². The molecule has 8 heteroatoms. The van der Waals surface area contributed by atoms with Gasteiger partial charge in [-0.15, -0.1) is 0 Å². The Balaban J connectivity index is 1.60. The number of hydrogen-bond acceptors (Lipinski definition) is 5. The van der Waals surface area contributed by atoms with Crippen LogP contribution in [0.4, 0.5) is 11.6 Å². The highest BCUT2D eigenvalue weighted by atomic mass is 16.5. The van der Waals surface area contributed by atoms with E-state index in [-0.39, 0.29) is 11.2 Å². The molecule has 1 aliphatic rings. The van der Waals surface area contributed by atoms with Gasteiger partial charge in [-0.1, -0.05) is 45.4 Å². The van der Waals surface area contributed by atoms with Gasteiger partial charge < -0.3 is 14.2 Å². The summed E-state index contributed by atoms with van der Waals surface area (Å²) in [6.45, 7) is 4.05. The van der Waals surface area contributed by atoms with Crippen LogP contribution < -0.4 is 20.9 Å². The van der Waals surface area contributed by atoms with Gasteiger partial charge in [-0.3, -0.25) is 13.9 Å². The third kappa shape index (κ3) is 4.06. The molecule has 0 bridgehead atoms. The van der Waals surface area contributed by atoms with Gasteiger partial charge >= 0.3 is 5.69 Å². The van der Waals surface area contributed by atoms with Crippen LogP contribution in [0.25, 0.3) is 11.2 Å². The number of fused-ring (bicyclic) bond motifs is 3. The number of aromatic nitrogens is 4. The fraction of sp³-hybridized carbons (Fsp3) is 0.542. The minimum Gasteiger partial charge on any atom is -0.497 e. The number of methoxy groups -OCH3 is 1. The van der Waals surface area contributed by atoms with Crippen LogP contribution in [0, 0.1) is 0 Å². The van der Waals surface area contributed by atoms with Gasteiger partial charge in [0, 0.05) is 32.4 Å². The molecule has 0 amide bonds. The van der Waals surface area contributed by atoms with Crippen LogP contribution in [-0.2, 0) is 20.1 Å². The zero-order valence-corrected chi connectivity index (χ0v) is 19.3. The Morgan fingerprint density at radius 3 is 2.34 bits per heavy atom. The molecule has 0 spiro atoms. The molecule has 0 radical (unpaired) electrons. The van der Waals surface area contributed by atoms with Crippen LogP contribution in [0.5, 0.6) is 5.75 Å². The van der Waals surface area contributed by atoms with E-state index in [1.807, 2.05) is 28.8 Å². The van der Waals surface area contributed by atoms with Gasteiger partial charge in [-0.2, -0.15) is 4.98 Å². The monoisotopic (exact) mass is 439 g/mol. The Hall–Kier alpha value is -3.03. The van der Waals surface area contributed by atoms with E-state index in [4.69, 9.17) is 9.72 Å². The lowest BCUT2D eigenvalue weighted by Crippen LogP contribution is -2.39. The standard InChI is InChI=1S/C24H33N5O3/c1-4-5-6-7-8-9-10-15-29-22(30)20-21(26(2)24(29)31)25-23-27(16-17-28(20)23)18-11-13-19(32-3)14-12-18/h11-14H,4-10,15-17H2,1-3H3. The SMILES string of the molecule is CCCCCCCCCn1c(=O)c2c(nc3n2CCN3c2ccc(OC)cc2)n(C)c1=O. The fourth-order valence-corrected chi connectivity index (χ4v) is 4.51. The van der Waals surface area contributed by atoms with E-state index in [2.05, 4.69) is 11.8 Å². The predicted octanol–water partition coefficient (Wildman–Crippen LogP) is 3.81. The van der Waals surface area contributed by atoms with E-state index < -0.39 is 0 Å². The second kappa shape index (κ2) is 9.63. The number of anilines is 2. The van der Waals surface area contributed by atoms with E-state index >= 15 is 0 Å². The maximum atomic E-state index is 13.3. The molecular weight excluding hydrogens is 406 g/mol. The molecule has 3 aromatic rings. The highest BCUT2D eigenvalue weighted by Crippen LogP contribution is 2.32. The molecule has 0 aliphatic carbocycles. The van der Waals surface area contributed by atoms with E-state index in [0.717, 1.165) is 37.2 Å². The van der Waals surface area contributed by atoms with E-state index in [0.29, 0.717) is 30.2 Å². The number of nitrogens with zero attached hydrogens (tertiary/aromatic N) is 5. The Kier molecular flexibility index (Phi) is 6.67. The average Bonchev–Trinajstić information content (AvgIpc) is 3.38. The van der Waals surface area contributed by atoms with Crippen molar-refractivity contribution < 1.29 is 4.74 Å². The smallest absolute Gasteiger partial charge is 0.332 e. The predicted molar refractivity (Wildman–Crippen MR) is 127 cm³/mol. The number of unbranched alkanes of at least 4 members (excludes halogenated alkanes) is 6. The Bertz CT molecular complexity index is 1190. The van der Waals surface area contributed by atoms with Crippen LogP contribution >= 0.6 is 0 Å². The second-order valence-corrected chi connectivity index (χ2v) is 8.51. The van der Waals surface area contributed by atoms with Crippen LogP contribution in [0.2, 0.25) is 0 Å². The van der Waals surface area contributed by atoms with Gasteiger partial charge in [0.25, 0.3) is 5.56 Å². The molecular formula is C24H33N5O3. The highest BCUT2D eigenvalue weighted by Gasteiger charge is 2.28. The number of hydrogen-bond donors (Lipinski definition) is 0. The molecule has 3 heterocycles. The maximum absolute atomic E-state index is 13.3. The topological polar surface area (TPSA) is 74.3 Å². The van der Waals surface area contributed by atoms with Gasteiger partial charge in [0.05, 0.1) is 7.11 Å². The summed E-state index contributed by atoms with van der Waals surface area (Å²) >= 11 is 0. The number of benzene rings is 1.